The highest BCUT2D eigenvalue weighted by atomic mass is 16.5. The van der Waals surface area contributed by atoms with Crippen LogP contribution >= 0.6 is 0 Å². The standard InChI is InChI=1S/C21H20O4/c1-12-11-15(20-16(22)6-4-8-18(20)25-12)14-10-9-13-5-3-7-17(24-2)19(13)21(14)23/h3-10,12,15,22-23H,11H2,1-2H3/t12-,15+/m1/s1. The van der Waals surface area contributed by atoms with E-state index in [9.17, 15) is 10.2 Å². The van der Waals surface area contributed by atoms with Crippen LogP contribution in [-0.2, 0) is 0 Å². The molecule has 2 atom stereocenters. The fourth-order valence-corrected chi connectivity index (χ4v) is 3.78. The Hall–Kier alpha value is -2.88. The molecule has 0 amide bonds. The van der Waals surface area contributed by atoms with Crippen molar-refractivity contribution in [2.24, 2.45) is 0 Å². The summed E-state index contributed by atoms with van der Waals surface area (Å²) in [6.07, 6.45) is 0.672. The van der Waals surface area contributed by atoms with E-state index in [4.69, 9.17) is 9.47 Å². The second-order valence-electron chi connectivity index (χ2n) is 6.47. The van der Waals surface area contributed by atoms with Crippen molar-refractivity contribution in [3.05, 3.63) is 59.7 Å². The van der Waals surface area contributed by atoms with Gasteiger partial charge in [0.05, 0.1) is 18.6 Å². The predicted octanol–water partition coefficient (Wildman–Crippen LogP) is 4.56. The molecule has 4 heteroatoms. The van der Waals surface area contributed by atoms with Crippen LogP contribution in [-0.4, -0.2) is 23.4 Å². The molecule has 0 bridgehead atoms. The summed E-state index contributed by atoms with van der Waals surface area (Å²) < 4.78 is 11.3. The molecule has 25 heavy (non-hydrogen) atoms. The van der Waals surface area contributed by atoms with Crippen molar-refractivity contribution in [2.45, 2.75) is 25.4 Å². The van der Waals surface area contributed by atoms with Gasteiger partial charge < -0.3 is 19.7 Å². The van der Waals surface area contributed by atoms with E-state index in [0.29, 0.717) is 23.3 Å². The highest BCUT2D eigenvalue weighted by Crippen LogP contribution is 2.49. The van der Waals surface area contributed by atoms with Gasteiger partial charge in [-0.05, 0) is 36.9 Å². The number of fused-ring (bicyclic) bond motifs is 2. The number of benzene rings is 3. The van der Waals surface area contributed by atoms with Crippen LogP contribution in [0.2, 0.25) is 0 Å². The Labute approximate surface area is 146 Å². The Morgan fingerprint density at radius 3 is 2.64 bits per heavy atom. The molecule has 0 radical (unpaired) electrons. The first-order chi connectivity index (χ1) is 12.1. The fraction of sp³-hybridized carbons (Fsp3) is 0.238. The Bertz CT molecular complexity index is 948. The first-order valence-corrected chi connectivity index (χ1v) is 8.37. The number of rotatable bonds is 2. The molecule has 0 unspecified atom stereocenters. The van der Waals surface area contributed by atoms with E-state index in [2.05, 4.69) is 0 Å². The molecular formula is C21H20O4. The van der Waals surface area contributed by atoms with Crippen molar-refractivity contribution in [1.82, 2.24) is 0 Å². The van der Waals surface area contributed by atoms with Gasteiger partial charge in [-0.1, -0.05) is 30.3 Å². The number of hydrogen-bond donors (Lipinski definition) is 2. The van der Waals surface area contributed by atoms with E-state index in [1.54, 1.807) is 19.2 Å². The molecule has 3 aromatic carbocycles. The number of ether oxygens (including phenoxy) is 2. The molecule has 128 valence electrons. The maximum absolute atomic E-state index is 11.0. The van der Waals surface area contributed by atoms with Crippen LogP contribution < -0.4 is 9.47 Å². The van der Waals surface area contributed by atoms with Crippen molar-refractivity contribution in [1.29, 1.82) is 0 Å². The minimum absolute atomic E-state index is 0.00735. The van der Waals surface area contributed by atoms with Gasteiger partial charge in [-0.25, -0.2) is 0 Å². The van der Waals surface area contributed by atoms with Gasteiger partial charge >= 0.3 is 0 Å². The summed E-state index contributed by atoms with van der Waals surface area (Å²) in [7, 11) is 1.60. The van der Waals surface area contributed by atoms with E-state index in [1.165, 1.54) is 0 Å². The maximum Gasteiger partial charge on any atom is 0.130 e. The quantitative estimate of drug-likeness (QED) is 0.720. The van der Waals surface area contributed by atoms with Crippen LogP contribution in [0.5, 0.6) is 23.0 Å². The normalized spacial score (nSPS) is 19.3. The molecule has 1 aliphatic heterocycles. The molecule has 1 heterocycles. The van der Waals surface area contributed by atoms with Gasteiger partial charge in [0.25, 0.3) is 0 Å². The molecule has 4 nitrogen and oxygen atoms in total. The van der Waals surface area contributed by atoms with Gasteiger partial charge in [-0.2, -0.15) is 0 Å². The maximum atomic E-state index is 11.0. The number of aromatic hydroxyl groups is 2. The second kappa shape index (κ2) is 5.88. The lowest BCUT2D eigenvalue weighted by Crippen LogP contribution is -2.23. The van der Waals surface area contributed by atoms with E-state index >= 15 is 0 Å². The summed E-state index contributed by atoms with van der Waals surface area (Å²) in [4.78, 5) is 0. The van der Waals surface area contributed by atoms with Gasteiger partial charge in [-0.3, -0.25) is 0 Å². The molecule has 2 N–H and O–H groups in total. The zero-order valence-electron chi connectivity index (χ0n) is 14.2. The minimum atomic E-state index is -0.144. The lowest BCUT2D eigenvalue weighted by atomic mass is 9.82. The van der Waals surface area contributed by atoms with Gasteiger partial charge in [0, 0.05) is 17.0 Å². The van der Waals surface area contributed by atoms with E-state index < -0.39 is 0 Å². The fourth-order valence-electron chi connectivity index (χ4n) is 3.78. The molecule has 0 aromatic heterocycles. The number of methoxy groups -OCH3 is 1. The smallest absolute Gasteiger partial charge is 0.130 e. The monoisotopic (exact) mass is 336 g/mol. The highest BCUT2D eigenvalue weighted by molar-refractivity contribution is 5.95. The highest BCUT2D eigenvalue weighted by Gasteiger charge is 2.32. The first-order valence-electron chi connectivity index (χ1n) is 8.37. The SMILES string of the molecule is COc1cccc2ccc([C@@H]3C[C@@H](C)Oc4cccc(O)c43)c(O)c12. The zero-order chi connectivity index (χ0) is 17.6. The topological polar surface area (TPSA) is 58.9 Å². The van der Waals surface area contributed by atoms with Crippen LogP contribution in [0, 0.1) is 0 Å². The average molecular weight is 336 g/mol. The molecule has 0 aliphatic carbocycles. The van der Waals surface area contributed by atoms with Crippen LogP contribution in [0.25, 0.3) is 10.8 Å². The van der Waals surface area contributed by atoms with Crippen molar-refractivity contribution >= 4 is 10.8 Å². The van der Waals surface area contributed by atoms with Crippen molar-refractivity contribution in [2.75, 3.05) is 7.11 Å². The Kier molecular flexibility index (Phi) is 3.68. The predicted molar refractivity (Wildman–Crippen MR) is 96.8 cm³/mol. The van der Waals surface area contributed by atoms with Crippen LogP contribution in [0.4, 0.5) is 0 Å². The third-order valence-corrected chi connectivity index (χ3v) is 4.89. The molecule has 1 aliphatic rings. The lowest BCUT2D eigenvalue weighted by Gasteiger charge is -2.31. The van der Waals surface area contributed by atoms with Crippen LogP contribution in [0.15, 0.2) is 48.5 Å². The number of phenols is 2. The van der Waals surface area contributed by atoms with Crippen molar-refractivity contribution < 1.29 is 19.7 Å². The van der Waals surface area contributed by atoms with E-state index in [-0.39, 0.29) is 23.5 Å². The summed E-state index contributed by atoms with van der Waals surface area (Å²) in [5.74, 6) is 1.55. The van der Waals surface area contributed by atoms with Gasteiger partial charge in [-0.15, -0.1) is 0 Å². The summed E-state index contributed by atoms with van der Waals surface area (Å²) in [6, 6.07) is 14.9. The number of hydrogen-bond acceptors (Lipinski definition) is 4. The first kappa shape index (κ1) is 15.6. The third-order valence-electron chi connectivity index (χ3n) is 4.89. The third kappa shape index (κ3) is 2.45. The molecule has 4 rings (SSSR count). The second-order valence-corrected chi connectivity index (χ2v) is 6.47. The molecule has 3 aromatic rings. The van der Waals surface area contributed by atoms with Crippen molar-refractivity contribution in [3.8, 4) is 23.0 Å². The molecule has 0 spiro atoms. The van der Waals surface area contributed by atoms with Crippen molar-refractivity contribution in [3.63, 3.8) is 0 Å². The van der Waals surface area contributed by atoms with Crippen LogP contribution in [0.1, 0.15) is 30.4 Å². The summed E-state index contributed by atoms with van der Waals surface area (Å²) in [5, 5.41) is 23.0. The Morgan fingerprint density at radius 2 is 1.84 bits per heavy atom. The molecule has 0 saturated carbocycles. The molecule has 0 fully saturated rings. The van der Waals surface area contributed by atoms with E-state index in [1.807, 2.05) is 43.3 Å². The van der Waals surface area contributed by atoms with E-state index in [0.717, 1.165) is 16.5 Å². The zero-order valence-corrected chi connectivity index (χ0v) is 14.2. The summed E-state index contributed by atoms with van der Waals surface area (Å²) in [5.41, 5.74) is 1.50. The molecule has 0 saturated heterocycles. The Morgan fingerprint density at radius 1 is 1.04 bits per heavy atom. The van der Waals surface area contributed by atoms with Crippen LogP contribution in [0.3, 0.4) is 0 Å². The molecular weight excluding hydrogens is 316 g/mol. The lowest BCUT2D eigenvalue weighted by molar-refractivity contribution is 0.180. The summed E-state index contributed by atoms with van der Waals surface area (Å²) in [6.45, 7) is 2.00. The van der Waals surface area contributed by atoms with Gasteiger partial charge in [0.1, 0.15) is 23.0 Å². The largest absolute Gasteiger partial charge is 0.508 e. The summed E-state index contributed by atoms with van der Waals surface area (Å²) >= 11 is 0. The average Bonchev–Trinajstić information content (AvgIpc) is 2.61. The van der Waals surface area contributed by atoms with Gasteiger partial charge in [0.2, 0.25) is 0 Å². The van der Waals surface area contributed by atoms with Gasteiger partial charge in [0.15, 0.2) is 0 Å². The minimum Gasteiger partial charge on any atom is -0.508 e. The number of phenolic OH excluding ortho intramolecular Hbond substituents is 2. The Balaban J connectivity index is 1.96.